The molecule has 1 aromatic carbocycles. The maximum Gasteiger partial charge on any atom is 0.336 e. The van der Waals surface area contributed by atoms with Gasteiger partial charge in [0.15, 0.2) is 0 Å². The Morgan fingerprint density at radius 1 is 1.27 bits per heavy atom. The van der Waals surface area contributed by atoms with Crippen LogP contribution in [0.15, 0.2) is 36.7 Å². The molecule has 0 radical (unpaired) electrons. The number of benzene rings is 1. The first-order valence-electron chi connectivity index (χ1n) is 6.91. The van der Waals surface area contributed by atoms with Crippen LogP contribution < -0.4 is 5.32 Å². The van der Waals surface area contributed by atoms with Gasteiger partial charge in [-0.2, -0.15) is 0 Å². The van der Waals surface area contributed by atoms with E-state index in [1.807, 2.05) is 18.2 Å². The summed E-state index contributed by atoms with van der Waals surface area (Å²) in [5, 5.41) is 11.9. The van der Waals surface area contributed by atoms with Gasteiger partial charge >= 0.3 is 5.97 Å². The number of carbonyl (C=O) groups is 2. The second-order valence-electron chi connectivity index (χ2n) is 5.02. The highest BCUT2D eigenvalue weighted by atomic mass is 16.4. The first-order chi connectivity index (χ1) is 10.6. The molecule has 0 atom stereocenters. The predicted octanol–water partition coefficient (Wildman–Crippen LogP) is 2.24. The van der Waals surface area contributed by atoms with Crippen molar-refractivity contribution in [2.45, 2.75) is 6.42 Å². The molecule has 1 aliphatic rings. The molecule has 0 saturated heterocycles. The molecular weight excluding hydrogens is 280 g/mol. The smallest absolute Gasteiger partial charge is 0.336 e. The molecule has 1 aromatic heterocycles. The highest BCUT2D eigenvalue weighted by Gasteiger charge is 2.15. The van der Waals surface area contributed by atoms with Gasteiger partial charge in [0.2, 0.25) is 0 Å². The number of carboxylic acid groups (broad SMARTS) is 1. The SMILES string of the molecule is O=C(O)c1ccncc1C=Cc1ccc2c(c1)CCNC2=O. The average molecular weight is 294 g/mol. The number of rotatable bonds is 3. The number of carboxylic acids is 1. The van der Waals surface area contributed by atoms with Crippen LogP contribution in [-0.4, -0.2) is 28.5 Å². The zero-order chi connectivity index (χ0) is 15.5. The lowest BCUT2D eigenvalue weighted by Gasteiger charge is -2.16. The number of aromatic carboxylic acids is 1. The van der Waals surface area contributed by atoms with Gasteiger partial charge in [-0.1, -0.05) is 24.3 Å². The number of nitrogens with one attached hydrogen (secondary N) is 1. The van der Waals surface area contributed by atoms with Crippen molar-refractivity contribution in [3.63, 3.8) is 0 Å². The number of hydrogen-bond acceptors (Lipinski definition) is 3. The Labute approximate surface area is 127 Å². The number of fused-ring (bicyclic) bond motifs is 1. The molecule has 5 heteroatoms. The molecule has 2 heterocycles. The molecular formula is C17H14N2O3. The van der Waals surface area contributed by atoms with Gasteiger partial charge < -0.3 is 10.4 Å². The van der Waals surface area contributed by atoms with Crippen LogP contribution in [0.3, 0.4) is 0 Å². The van der Waals surface area contributed by atoms with E-state index in [9.17, 15) is 9.59 Å². The van der Waals surface area contributed by atoms with Crippen molar-refractivity contribution in [1.82, 2.24) is 10.3 Å². The maximum atomic E-state index is 11.7. The highest BCUT2D eigenvalue weighted by Crippen LogP contribution is 2.18. The maximum absolute atomic E-state index is 11.7. The van der Waals surface area contributed by atoms with Crippen LogP contribution in [0.1, 0.15) is 37.4 Å². The molecule has 2 aromatic rings. The van der Waals surface area contributed by atoms with Crippen LogP contribution in [0.5, 0.6) is 0 Å². The van der Waals surface area contributed by atoms with Gasteiger partial charge in [-0.25, -0.2) is 4.79 Å². The highest BCUT2D eigenvalue weighted by molar-refractivity contribution is 5.97. The number of carbonyl (C=O) groups excluding carboxylic acids is 1. The average Bonchev–Trinajstić information content (AvgIpc) is 2.53. The quantitative estimate of drug-likeness (QED) is 0.910. The fourth-order valence-electron chi connectivity index (χ4n) is 2.47. The lowest BCUT2D eigenvalue weighted by molar-refractivity contribution is 0.0696. The van der Waals surface area contributed by atoms with Gasteiger partial charge in [-0.15, -0.1) is 0 Å². The largest absolute Gasteiger partial charge is 0.478 e. The van der Waals surface area contributed by atoms with Crippen molar-refractivity contribution in [3.8, 4) is 0 Å². The van der Waals surface area contributed by atoms with Gasteiger partial charge in [-0.05, 0) is 29.7 Å². The second-order valence-corrected chi connectivity index (χ2v) is 5.02. The molecule has 0 bridgehead atoms. The summed E-state index contributed by atoms with van der Waals surface area (Å²) in [6, 6.07) is 7.07. The number of pyridine rings is 1. The molecule has 110 valence electrons. The summed E-state index contributed by atoms with van der Waals surface area (Å²) >= 11 is 0. The third-order valence-electron chi connectivity index (χ3n) is 3.59. The van der Waals surface area contributed by atoms with E-state index in [1.165, 1.54) is 18.5 Å². The van der Waals surface area contributed by atoms with Gasteiger partial charge in [0.1, 0.15) is 0 Å². The van der Waals surface area contributed by atoms with Gasteiger partial charge in [0.05, 0.1) is 5.56 Å². The number of amides is 1. The topological polar surface area (TPSA) is 79.3 Å². The fraction of sp³-hybridized carbons (Fsp3) is 0.118. The Balaban J connectivity index is 1.91. The molecule has 0 aliphatic carbocycles. The van der Waals surface area contributed by atoms with E-state index in [1.54, 1.807) is 12.1 Å². The van der Waals surface area contributed by atoms with E-state index >= 15 is 0 Å². The van der Waals surface area contributed by atoms with Crippen molar-refractivity contribution in [2.24, 2.45) is 0 Å². The summed E-state index contributed by atoms with van der Waals surface area (Å²) in [4.78, 5) is 26.8. The van der Waals surface area contributed by atoms with Crippen LogP contribution >= 0.6 is 0 Å². The Morgan fingerprint density at radius 2 is 2.14 bits per heavy atom. The molecule has 0 spiro atoms. The van der Waals surface area contributed by atoms with E-state index < -0.39 is 5.97 Å². The third-order valence-corrected chi connectivity index (χ3v) is 3.59. The Bertz CT molecular complexity index is 781. The van der Waals surface area contributed by atoms with Gasteiger partial charge in [-0.3, -0.25) is 9.78 Å². The summed E-state index contributed by atoms with van der Waals surface area (Å²) < 4.78 is 0. The van der Waals surface area contributed by atoms with E-state index in [0.29, 0.717) is 17.7 Å². The van der Waals surface area contributed by atoms with Crippen LogP contribution in [0.2, 0.25) is 0 Å². The summed E-state index contributed by atoms with van der Waals surface area (Å²) in [7, 11) is 0. The normalized spacial score (nSPS) is 13.7. The summed E-state index contributed by atoms with van der Waals surface area (Å²) in [6.45, 7) is 0.644. The summed E-state index contributed by atoms with van der Waals surface area (Å²) in [6.07, 6.45) is 7.33. The van der Waals surface area contributed by atoms with E-state index in [-0.39, 0.29) is 11.5 Å². The zero-order valence-electron chi connectivity index (χ0n) is 11.7. The van der Waals surface area contributed by atoms with Crippen LogP contribution in [-0.2, 0) is 6.42 Å². The van der Waals surface area contributed by atoms with Crippen LogP contribution in [0, 0.1) is 0 Å². The molecule has 0 saturated carbocycles. The summed E-state index contributed by atoms with van der Waals surface area (Å²) in [5.74, 6) is -1.03. The molecule has 2 N–H and O–H groups in total. The van der Waals surface area contributed by atoms with Crippen molar-refractivity contribution < 1.29 is 14.7 Å². The minimum atomic E-state index is -0.982. The minimum Gasteiger partial charge on any atom is -0.478 e. The van der Waals surface area contributed by atoms with Crippen molar-refractivity contribution >= 4 is 24.0 Å². The summed E-state index contributed by atoms with van der Waals surface area (Å²) in [5.41, 5.74) is 3.40. The van der Waals surface area contributed by atoms with E-state index in [4.69, 9.17) is 5.11 Å². The standard InChI is InChI=1S/C17H14N2O3/c20-16-14-4-2-11(9-12(14)5-8-19-16)1-3-13-10-18-7-6-15(13)17(21)22/h1-4,6-7,9-10H,5,8H2,(H,19,20)(H,21,22). The lowest BCUT2D eigenvalue weighted by Crippen LogP contribution is -2.31. The van der Waals surface area contributed by atoms with Crippen LogP contribution in [0.4, 0.5) is 0 Å². The van der Waals surface area contributed by atoms with E-state index in [0.717, 1.165) is 17.5 Å². The van der Waals surface area contributed by atoms with Gasteiger partial charge in [0.25, 0.3) is 5.91 Å². The third kappa shape index (κ3) is 2.74. The molecule has 1 aliphatic heterocycles. The number of hydrogen-bond donors (Lipinski definition) is 2. The molecule has 0 unspecified atom stereocenters. The molecule has 22 heavy (non-hydrogen) atoms. The monoisotopic (exact) mass is 294 g/mol. The Morgan fingerprint density at radius 3 is 2.95 bits per heavy atom. The van der Waals surface area contributed by atoms with E-state index in [2.05, 4.69) is 10.3 Å². The molecule has 3 rings (SSSR count). The van der Waals surface area contributed by atoms with Crippen molar-refractivity contribution in [1.29, 1.82) is 0 Å². The first-order valence-corrected chi connectivity index (χ1v) is 6.91. The number of aromatic nitrogens is 1. The number of nitrogens with zero attached hydrogens (tertiary/aromatic N) is 1. The van der Waals surface area contributed by atoms with Crippen molar-refractivity contribution in [2.75, 3.05) is 6.54 Å². The lowest BCUT2D eigenvalue weighted by atomic mass is 9.97. The Kier molecular flexibility index (Phi) is 3.70. The Hall–Kier alpha value is -2.95. The van der Waals surface area contributed by atoms with Gasteiger partial charge in [0, 0.05) is 30.1 Å². The predicted molar refractivity (Wildman–Crippen MR) is 82.6 cm³/mol. The first kappa shape index (κ1) is 14.0. The van der Waals surface area contributed by atoms with Crippen LogP contribution in [0.25, 0.3) is 12.2 Å². The second kappa shape index (κ2) is 5.81. The molecule has 1 amide bonds. The fourth-order valence-corrected chi connectivity index (χ4v) is 2.47. The molecule has 0 fully saturated rings. The van der Waals surface area contributed by atoms with Crippen molar-refractivity contribution in [3.05, 3.63) is 64.5 Å². The molecule has 5 nitrogen and oxygen atoms in total. The zero-order valence-corrected chi connectivity index (χ0v) is 11.7. The minimum absolute atomic E-state index is 0.0443.